The van der Waals surface area contributed by atoms with Crippen LogP contribution in [-0.2, 0) is 9.53 Å². The summed E-state index contributed by atoms with van der Waals surface area (Å²) >= 11 is 0. The lowest BCUT2D eigenvalue weighted by atomic mass is 10.1. The molecule has 0 fully saturated rings. The summed E-state index contributed by atoms with van der Waals surface area (Å²) in [6.45, 7) is 9.23. The minimum absolute atomic E-state index is 0.186. The third kappa shape index (κ3) is 4.21. The monoisotopic (exact) mass is 244 g/mol. The normalized spacial score (nSPS) is 12.9. The highest BCUT2D eigenvalue weighted by atomic mass is 16.5. The second-order valence-electron chi connectivity index (χ2n) is 4.38. The molecule has 1 atom stereocenters. The summed E-state index contributed by atoms with van der Waals surface area (Å²) in [7, 11) is 0. The van der Waals surface area contributed by atoms with Crippen LogP contribution in [0, 0.1) is 0 Å². The lowest BCUT2D eigenvalue weighted by molar-refractivity contribution is -0.142. The van der Waals surface area contributed by atoms with Crippen molar-refractivity contribution in [3.8, 4) is 0 Å². The van der Waals surface area contributed by atoms with E-state index in [4.69, 9.17) is 4.74 Å². The van der Waals surface area contributed by atoms with E-state index in [1.165, 1.54) is 0 Å². The summed E-state index contributed by atoms with van der Waals surface area (Å²) in [5.41, 5.74) is 2.58. The summed E-state index contributed by atoms with van der Waals surface area (Å²) in [4.78, 5) is 11.5. The van der Waals surface area contributed by atoms with E-state index in [2.05, 4.69) is 6.58 Å². The molecule has 1 rings (SSSR count). The minimum Gasteiger partial charge on any atom is -0.455 e. The van der Waals surface area contributed by atoms with Gasteiger partial charge in [-0.2, -0.15) is 0 Å². The highest BCUT2D eigenvalue weighted by molar-refractivity contribution is 5.87. The van der Waals surface area contributed by atoms with Gasteiger partial charge in [0.15, 0.2) is 0 Å². The third-order valence-electron chi connectivity index (χ3n) is 2.67. The maximum Gasteiger partial charge on any atom is 0.333 e. The molecule has 1 unspecified atom stereocenters. The Hall–Kier alpha value is -1.83. The molecular weight excluding hydrogens is 224 g/mol. The number of hydrogen-bond donors (Lipinski definition) is 0. The van der Waals surface area contributed by atoms with E-state index in [1.807, 2.05) is 50.3 Å². The third-order valence-corrected chi connectivity index (χ3v) is 2.67. The van der Waals surface area contributed by atoms with E-state index in [0.717, 1.165) is 17.6 Å². The van der Waals surface area contributed by atoms with Crippen molar-refractivity contribution in [2.24, 2.45) is 0 Å². The molecule has 0 aliphatic heterocycles. The van der Waals surface area contributed by atoms with Gasteiger partial charge in [0.05, 0.1) is 0 Å². The summed E-state index contributed by atoms with van der Waals surface area (Å²) in [5, 5.41) is 0. The van der Waals surface area contributed by atoms with Gasteiger partial charge >= 0.3 is 5.97 Å². The molecule has 0 saturated heterocycles. The molecule has 2 heteroatoms. The molecule has 96 valence electrons. The first-order valence-electron chi connectivity index (χ1n) is 6.14. The predicted molar refractivity (Wildman–Crippen MR) is 75.1 cm³/mol. The summed E-state index contributed by atoms with van der Waals surface area (Å²) in [5.74, 6) is -0.331. The molecule has 0 bridgehead atoms. The highest BCUT2D eigenvalue weighted by Crippen LogP contribution is 2.16. The summed E-state index contributed by atoms with van der Waals surface area (Å²) < 4.78 is 5.39. The average molecular weight is 244 g/mol. The number of carbonyl (C=O) groups excluding carboxylic acids is 1. The Bertz CT molecular complexity index is 443. The number of hydrogen-bond acceptors (Lipinski definition) is 2. The van der Waals surface area contributed by atoms with Crippen LogP contribution in [0.1, 0.15) is 32.8 Å². The number of rotatable bonds is 5. The summed E-state index contributed by atoms with van der Waals surface area (Å²) in [6.07, 6.45) is 2.61. The quantitative estimate of drug-likeness (QED) is 0.578. The fourth-order valence-electron chi connectivity index (χ4n) is 1.63. The first kappa shape index (κ1) is 14.2. The van der Waals surface area contributed by atoms with Crippen LogP contribution in [-0.4, -0.2) is 12.1 Å². The fraction of sp³-hybridized carbons (Fsp3) is 0.312. The molecule has 0 radical (unpaired) electrons. The molecule has 1 aromatic carbocycles. The number of benzene rings is 1. The van der Waals surface area contributed by atoms with Crippen LogP contribution in [0.4, 0.5) is 0 Å². The second kappa shape index (κ2) is 6.80. The molecule has 18 heavy (non-hydrogen) atoms. The lowest BCUT2D eigenvalue weighted by Gasteiger charge is -2.17. The van der Waals surface area contributed by atoms with Crippen molar-refractivity contribution in [1.82, 2.24) is 0 Å². The molecule has 0 aliphatic rings. The van der Waals surface area contributed by atoms with Crippen molar-refractivity contribution in [3.63, 3.8) is 0 Å². The van der Waals surface area contributed by atoms with Crippen LogP contribution in [0.25, 0.3) is 6.08 Å². The zero-order chi connectivity index (χ0) is 13.5. The molecule has 0 aromatic heterocycles. The predicted octanol–water partition coefficient (Wildman–Crippen LogP) is 3.99. The molecule has 0 saturated carbocycles. The van der Waals surface area contributed by atoms with Gasteiger partial charge in [-0.1, -0.05) is 49.9 Å². The van der Waals surface area contributed by atoms with Gasteiger partial charge in [0.2, 0.25) is 0 Å². The van der Waals surface area contributed by atoms with Crippen molar-refractivity contribution >= 4 is 12.0 Å². The molecular formula is C16H20O2. The van der Waals surface area contributed by atoms with Gasteiger partial charge in [0, 0.05) is 5.57 Å². The summed E-state index contributed by atoms with van der Waals surface area (Å²) in [6, 6.07) is 10.00. The number of ether oxygens (including phenoxy) is 1. The van der Waals surface area contributed by atoms with Crippen LogP contribution in [0.3, 0.4) is 0 Å². The van der Waals surface area contributed by atoms with Crippen molar-refractivity contribution in [1.29, 1.82) is 0 Å². The van der Waals surface area contributed by atoms with E-state index in [1.54, 1.807) is 6.92 Å². The van der Waals surface area contributed by atoms with Crippen LogP contribution in [0.5, 0.6) is 0 Å². The lowest BCUT2D eigenvalue weighted by Crippen LogP contribution is -2.18. The van der Waals surface area contributed by atoms with Crippen LogP contribution in [0.15, 0.2) is 48.1 Å². The smallest absolute Gasteiger partial charge is 0.333 e. The van der Waals surface area contributed by atoms with E-state index in [9.17, 15) is 4.79 Å². The van der Waals surface area contributed by atoms with Crippen molar-refractivity contribution in [3.05, 3.63) is 53.6 Å². The largest absolute Gasteiger partial charge is 0.455 e. The molecule has 0 amide bonds. The SMILES string of the molecule is C=C(C)C(=O)OC(CC)/C(C)=C/c1ccccc1. The molecule has 1 aromatic rings. The second-order valence-corrected chi connectivity index (χ2v) is 4.38. The number of carbonyl (C=O) groups is 1. The Morgan fingerprint density at radius 3 is 2.44 bits per heavy atom. The standard InChI is InChI=1S/C16H20O2/c1-5-15(18-16(17)12(2)3)13(4)11-14-9-7-6-8-10-14/h6-11,15H,2,5H2,1,3-4H3/b13-11+. The zero-order valence-corrected chi connectivity index (χ0v) is 11.3. The first-order chi connectivity index (χ1) is 8.54. The maximum atomic E-state index is 11.5. The van der Waals surface area contributed by atoms with Gasteiger partial charge in [0.1, 0.15) is 6.10 Å². The van der Waals surface area contributed by atoms with Crippen LogP contribution < -0.4 is 0 Å². The zero-order valence-electron chi connectivity index (χ0n) is 11.3. The number of esters is 1. The maximum absolute atomic E-state index is 11.5. The Morgan fingerprint density at radius 2 is 1.94 bits per heavy atom. The van der Waals surface area contributed by atoms with Gasteiger partial charge in [-0.05, 0) is 31.4 Å². The van der Waals surface area contributed by atoms with E-state index in [0.29, 0.717) is 5.57 Å². The minimum atomic E-state index is -0.331. The molecule has 0 aliphatic carbocycles. The highest BCUT2D eigenvalue weighted by Gasteiger charge is 2.14. The van der Waals surface area contributed by atoms with Crippen molar-refractivity contribution in [2.45, 2.75) is 33.3 Å². The van der Waals surface area contributed by atoms with Crippen molar-refractivity contribution in [2.75, 3.05) is 0 Å². The Kier molecular flexibility index (Phi) is 5.37. The van der Waals surface area contributed by atoms with Gasteiger partial charge in [0.25, 0.3) is 0 Å². The Balaban J connectivity index is 2.79. The average Bonchev–Trinajstić information content (AvgIpc) is 2.36. The topological polar surface area (TPSA) is 26.3 Å². The Labute approximate surface area is 109 Å². The molecule has 0 spiro atoms. The van der Waals surface area contributed by atoms with Gasteiger partial charge in [-0.25, -0.2) is 4.79 Å². The molecule has 2 nitrogen and oxygen atoms in total. The first-order valence-corrected chi connectivity index (χ1v) is 6.14. The van der Waals surface area contributed by atoms with Crippen LogP contribution >= 0.6 is 0 Å². The molecule has 0 N–H and O–H groups in total. The van der Waals surface area contributed by atoms with E-state index in [-0.39, 0.29) is 12.1 Å². The molecule has 0 heterocycles. The van der Waals surface area contributed by atoms with Crippen LogP contribution in [0.2, 0.25) is 0 Å². The Morgan fingerprint density at radius 1 is 1.33 bits per heavy atom. The fourth-order valence-corrected chi connectivity index (χ4v) is 1.63. The van der Waals surface area contributed by atoms with E-state index >= 15 is 0 Å². The van der Waals surface area contributed by atoms with Gasteiger partial charge < -0.3 is 4.74 Å². The van der Waals surface area contributed by atoms with Gasteiger partial charge in [-0.15, -0.1) is 0 Å². The van der Waals surface area contributed by atoms with Crippen molar-refractivity contribution < 1.29 is 9.53 Å². The van der Waals surface area contributed by atoms with E-state index < -0.39 is 0 Å². The van der Waals surface area contributed by atoms with Gasteiger partial charge in [-0.3, -0.25) is 0 Å².